The first-order chi connectivity index (χ1) is 24.3. The number of rotatable bonds is 22. The Balaban J connectivity index is 1.64. The lowest BCUT2D eigenvalue weighted by atomic mass is 9.81. The molecule has 0 fully saturated rings. The molecule has 5 heteroatoms. The zero-order valence-electron chi connectivity index (χ0n) is 30.4. The Morgan fingerprint density at radius 1 is 0.600 bits per heavy atom. The van der Waals surface area contributed by atoms with Gasteiger partial charge in [-0.2, -0.15) is 0 Å². The van der Waals surface area contributed by atoms with Crippen LogP contribution >= 0.6 is 0 Å². The van der Waals surface area contributed by atoms with E-state index < -0.39 is 6.10 Å². The van der Waals surface area contributed by atoms with E-state index >= 15 is 0 Å². The second-order valence-corrected chi connectivity index (χ2v) is 13.4. The van der Waals surface area contributed by atoms with Crippen molar-refractivity contribution in [3.05, 3.63) is 162 Å². The highest BCUT2D eigenvalue weighted by atomic mass is 16.5. The molecular formula is C45H56O5. The Kier molecular flexibility index (Phi) is 15.5. The lowest BCUT2D eigenvalue weighted by Crippen LogP contribution is -2.38. The topological polar surface area (TPSA) is 57.2 Å². The molecule has 0 heterocycles. The zero-order valence-corrected chi connectivity index (χ0v) is 30.4. The standard InChI is InChI=1S/C45H56O5/c1-7-25-47-31-45(9-3,32-48-26-8-2)33-49-29-41(46)30-50-44-42(35(5)38-21-15-11-16-22-38)27-40(34(4)37-19-13-10-14-20-37)28-43(44)36(6)39-23-17-12-18-24-39/h7-8,10-24,27-28,34-36,41,46H,1-2,9,25-26,29-33H2,3-6H3. The van der Waals surface area contributed by atoms with Crippen molar-refractivity contribution in [2.75, 3.05) is 46.2 Å². The highest BCUT2D eigenvalue weighted by Crippen LogP contribution is 2.43. The normalized spacial score (nSPS) is 14.0. The molecule has 0 spiro atoms. The van der Waals surface area contributed by atoms with Gasteiger partial charge in [-0.05, 0) is 28.7 Å². The van der Waals surface area contributed by atoms with Crippen LogP contribution in [0.1, 0.15) is 85.3 Å². The molecule has 0 amide bonds. The van der Waals surface area contributed by atoms with Crippen molar-refractivity contribution >= 4 is 0 Å². The van der Waals surface area contributed by atoms with Crippen LogP contribution < -0.4 is 4.74 Å². The summed E-state index contributed by atoms with van der Waals surface area (Å²) >= 11 is 0. The SMILES string of the molecule is C=CCOCC(CC)(COCC=C)COCC(O)COc1c(C(C)c2ccccc2)cc(C(C)c2ccccc2)cc1C(C)c1ccccc1. The fraction of sp³-hybridized carbons (Fsp3) is 0.378. The van der Waals surface area contributed by atoms with Crippen LogP contribution in [-0.2, 0) is 14.2 Å². The van der Waals surface area contributed by atoms with Crippen LogP contribution in [0.15, 0.2) is 128 Å². The average Bonchev–Trinajstić information content (AvgIpc) is 3.17. The van der Waals surface area contributed by atoms with Crippen molar-refractivity contribution in [1.82, 2.24) is 0 Å². The van der Waals surface area contributed by atoms with E-state index in [0.717, 1.165) is 23.3 Å². The molecule has 0 bridgehead atoms. The van der Waals surface area contributed by atoms with Gasteiger partial charge >= 0.3 is 0 Å². The molecule has 0 aliphatic carbocycles. The molecule has 4 atom stereocenters. The Hall–Kier alpha value is -4.00. The summed E-state index contributed by atoms with van der Waals surface area (Å²) in [6.45, 7) is 18.8. The van der Waals surface area contributed by atoms with Gasteiger partial charge in [-0.25, -0.2) is 0 Å². The van der Waals surface area contributed by atoms with Crippen LogP contribution in [0.4, 0.5) is 0 Å². The molecule has 266 valence electrons. The first-order valence-electron chi connectivity index (χ1n) is 17.9. The van der Waals surface area contributed by atoms with Gasteiger partial charge in [-0.15, -0.1) is 13.2 Å². The highest BCUT2D eigenvalue weighted by Gasteiger charge is 2.30. The van der Waals surface area contributed by atoms with E-state index in [2.05, 4.69) is 132 Å². The van der Waals surface area contributed by atoms with Crippen LogP contribution in [0.5, 0.6) is 5.75 Å². The molecule has 0 saturated carbocycles. The van der Waals surface area contributed by atoms with Gasteiger partial charge in [0.1, 0.15) is 18.5 Å². The van der Waals surface area contributed by atoms with Gasteiger partial charge in [0.15, 0.2) is 0 Å². The first kappa shape index (κ1) is 38.8. The van der Waals surface area contributed by atoms with Gasteiger partial charge in [0.05, 0.1) is 39.6 Å². The molecule has 50 heavy (non-hydrogen) atoms. The number of benzene rings is 4. The number of ether oxygens (including phenoxy) is 4. The Labute approximate surface area is 300 Å². The number of aliphatic hydroxyl groups is 1. The predicted octanol–water partition coefficient (Wildman–Crippen LogP) is 9.70. The molecule has 4 rings (SSSR count). The molecule has 0 aromatic heterocycles. The van der Waals surface area contributed by atoms with Crippen molar-refractivity contribution in [1.29, 1.82) is 0 Å². The summed E-state index contributed by atoms with van der Waals surface area (Å²) in [5.41, 5.74) is 6.76. The molecule has 0 aliphatic rings. The summed E-state index contributed by atoms with van der Waals surface area (Å²) in [6, 6.07) is 36.3. The third-order valence-corrected chi connectivity index (χ3v) is 9.68. The Morgan fingerprint density at radius 3 is 1.44 bits per heavy atom. The van der Waals surface area contributed by atoms with Crippen LogP contribution in [0.3, 0.4) is 0 Å². The maximum atomic E-state index is 11.3. The first-order valence-corrected chi connectivity index (χ1v) is 17.9. The van der Waals surface area contributed by atoms with E-state index in [0.29, 0.717) is 33.0 Å². The van der Waals surface area contributed by atoms with Gasteiger partial charge < -0.3 is 24.1 Å². The van der Waals surface area contributed by atoms with E-state index in [-0.39, 0.29) is 36.4 Å². The van der Waals surface area contributed by atoms with Crippen molar-refractivity contribution in [3.63, 3.8) is 0 Å². The molecular weight excluding hydrogens is 620 g/mol. The summed E-state index contributed by atoms with van der Waals surface area (Å²) in [5.74, 6) is 1.11. The Morgan fingerprint density at radius 2 is 1.02 bits per heavy atom. The number of hydrogen-bond donors (Lipinski definition) is 1. The van der Waals surface area contributed by atoms with Crippen LogP contribution in [0.25, 0.3) is 0 Å². The lowest BCUT2D eigenvalue weighted by Gasteiger charge is -2.32. The van der Waals surface area contributed by atoms with E-state index in [1.807, 2.05) is 12.1 Å². The van der Waals surface area contributed by atoms with Crippen molar-refractivity contribution in [2.45, 2.75) is 58.0 Å². The predicted molar refractivity (Wildman–Crippen MR) is 205 cm³/mol. The lowest BCUT2D eigenvalue weighted by molar-refractivity contribution is -0.0801. The smallest absolute Gasteiger partial charge is 0.127 e. The molecule has 4 unspecified atom stereocenters. The zero-order chi connectivity index (χ0) is 35.8. The van der Waals surface area contributed by atoms with Crippen molar-refractivity contribution in [3.8, 4) is 5.75 Å². The van der Waals surface area contributed by atoms with E-state index in [9.17, 15) is 5.11 Å². The Bertz CT molecular complexity index is 1490. The van der Waals surface area contributed by atoms with Crippen LogP contribution in [0, 0.1) is 5.41 Å². The summed E-state index contributed by atoms with van der Waals surface area (Å²) in [4.78, 5) is 0. The monoisotopic (exact) mass is 676 g/mol. The third kappa shape index (κ3) is 10.7. The molecule has 0 radical (unpaired) electrons. The summed E-state index contributed by atoms with van der Waals surface area (Å²) in [5, 5.41) is 11.3. The maximum absolute atomic E-state index is 11.3. The number of hydrogen-bond acceptors (Lipinski definition) is 5. The quantitative estimate of drug-likeness (QED) is 0.0664. The highest BCUT2D eigenvalue weighted by molar-refractivity contribution is 5.54. The summed E-state index contributed by atoms with van der Waals surface area (Å²) in [7, 11) is 0. The minimum Gasteiger partial charge on any atom is -0.490 e. The maximum Gasteiger partial charge on any atom is 0.127 e. The summed E-state index contributed by atoms with van der Waals surface area (Å²) < 4.78 is 24.6. The average molecular weight is 677 g/mol. The second kappa shape index (κ2) is 20.0. The van der Waals surface area contributed by atoms with Crippen molar-refractivity contribution < 1.29 is 24.1 Å². The fourth-order valence-electron chi connectivity index (χ4n) is 6.32. The van der Waals surface area contributed by atoms with Gasteiger partial charge in [0.25, 0.3) is 0 Å². The molecule has 0 aliphatic heterocycles. The van der Waals surface area contributed by atoms with Gasteiger partial charge in [0, 0.05) is 34.3 Å². The molecule has 4 aromatic rings. The van der Waals surface area contributed by atoms with Crippen LogP contribution in [-0.4, -0.2) is 57.5 Å². The third-order valence-electron chi connectivity index (χ3n) is 9.68. The minimum atomic E-state index is -0.838. The minimum absolute atomic E-state index is 0.0561. The van der Waals surface area contributed by atoms with E-state index in [1.165, 1.54) is 22.3 Å². The number of aliphatic hydroxyl groups excluding tert-OH is 1. The van der Waals surface area contributed by atoms with Gasteiger partial charge in [-0.1, -0.05) is 143 Å². The molecule has 5 nitrogen and oxygen atoms in total. The van der Waals surface area contributed by atoms with E-state index in [1.54, 1.807) is 12.2 Å². The van der Waals surface area contributed by atoms with Crippen LogP contribution in [0.2, 0.25) is 0 Å². The van der Waals surface area contributed by atoms with Gasteiger partial charge in [0.2, 0.25) is 0 Å². The molecule has 1 N–H and O–H groups in total. The van der Waals surface area contributed by atoms with E-state index in [4.69, 9.17) is 18.9 Å². The fourth-order valence-corrected chi connectivity index (χ4v) is 6.32. The second-order valence-electron chi connectivity index (χ2n) is 13.4. The molecule has 0 saturated heterocycles. The van der Waals surface area contributed by atoms with Crippen molar-refractivity contribution in [2.24, 2.45) is 5.41 Å². The largest absolute Gasteiger partial charge is 0.490 e. The molecule has 4 aromatic carbocycles. The summed E-state index contributed by atoms with van der Waals surface area (Å²) in [6.07, 6.45) is 3.43. The van der Waals surface area contributed by atoms with Gasteiger partial charge in [-0.3, -0.25) is 0 Å².